The zero-order valence-corrected chi connectivity index (χ0v) is 13.7. The SMILES string of the molecule is CC(C)(C)CC(C)(C)NC(=O)C1(C(N)=S)CCCC1. The smallest absolute Gasteiger partial charge is 0.233 e. The lowest BCUT2D eigenvalue weighted by Crippen LogP contribution is -2.54. The summed E-state index contributed by atoms with van der Waals surface area (Å²) in [6.45, 7) is 10.7. The van der Waals surface area contributed by atoms with Gasteiger partial charge in [-0.2, -0.15) is 0 Å². The maximum absolute atomic E-state index is 12.6. The molecule has 0 saturated heterocycles. The number of nitrogens with two attached hydrogens (primary N) is 1. The van der Waals surface area contributed by atoms with Crippen LogP contribution in [0.2, 0.25) is 0 Å². The van der Waals surface area contributed by atoms with Crippen LogP contribution in [0.4, 0.5) is 0 Å². The first-order valence-electron chi connectivity index (χ1n) is 7.11. The summed E-state index contributed by atoms with van der Waals surface area (Å²) in [6.07, 6.45) is 4.56. The van der Waals surface area contributed by atoms with Crippen molar-refractivity contribution in [1.82, 2.24) is 5.32 Å². The second-order valence-electron chi connectivity index (χ2n) is 7.73. The highest BCUT2D eigenvalue weighted by atomic mass is 32.1. The normalized spacial score (nSPS) is 19.2. The maximum atomic E-state index is 12.6. The van der Waals surface area contributed by atoms with Gasteiger partial charge in [-0.25, -0.2) is 0 Å². The molecule has 0 bridgehead atoms. The predicted molar refractivity (Wildman–Crippen MR) is 84.0 cm³/mol. The van der Waals surface area contributed by atoms with Gasteiger partial charge >= 0.3 is 0 Å². The molecule has 3 N–H and O–H groups in total. The minimum Gasteiger partial charge on any atom is -0.392 e. The molecule has 1 rings (SSSR count). The number of thiocarbonyl (C=S) groups is 1. The highest BCUT2D eigenvalue weighted by Crippen LogP contribution is 2.39. The first-order chi connectivity index (χ1) is 8.49. The van der Waals surface area contributed by atoms with Gasteiger partial charge in [0.25, 0.3) is 0 Å². The lowest BCUT2D eigenvalue weighted by molar-refractivity contribution is -0.129. The number of carbonyl (C=O) groups is 1. The van der Waals surface area contributed by atoms with Crippen LogP contribution in [0, 0.1) is 10.8 Å². The maximum Gasteiger partial charge on any atom is 0.233 e. The van der Waals surface area contributed by atoms with Gasteiger partial charge in [0.15, 0.2) is 0 Å². The molecule has 1 fully saturated rings. The molecule has 0 spiro atoms. The Hall–Kier alpha value is -0.640. The van der Waals surface area contributed by atoms with Crippen molar-refractivity contribution in [3.63, 3.8) is 0 Å². The van der Waals surface area contributed by atoms with Gasteiger partial charge in [-0.05, 0) is 38.5 Å². The number of amides is 1. The van der Waals surface area contributed by atoms with E-state index in [9.17, 15) is 4.79 Å². The molecule has 0 aromatic rings. The zero-order valence-electron chi connectivity index (χ0n) is 12.9. The molecule has 19 heavy (non-hydrogen) atoms. The summed E-state index contributed by atoms with van der Waals surface area (Å²) in [5.74, 6) is 0.0201. The van der Waals surface area contributed by atoms with Gasteiger partial charge in [-0.15, -0.1) is 0 Å². The summed E-state index contributed by atoms with van der Waals surface area (Å²) >= 11 is 5.16. The van der Waals surface area contributed by atoms with Gasteiger partial charge in [-0.3, -0.25) is 4.79 Å². The summed E-state index contributed by atoms with van der Waals surface area (Å²) in [4.78, 5) is 13.0. The topological polar surface area (TPSA) is 55.1 Å². The Morgan fingerprint density at radius 1 is 1.21 bits per heavy atom. The fourth-order valence-electron chi connectivity index (χ4n) is 3.36. The third-order valence-corrected chi connectivity index (χ3v) is 4.18. The molecule has 0 aliphatic heterocycles. The third kappa shape index (κ3) is 4.16. The first kappa shape index (κ1) is 16.4. The number of rotatable bonds is 4. The van der Waals surface area contributed by atoms with Crippen LogP contribution in [-0.2, 0) is 4.79 Å². The number of hydrogen-bond donors (Lipinski definition) is 2. The van der Waals surface area contributed by atoms with E-state index in [1.54, 1.807) is 0 Å². The summed E-state index contributed by atoms with van der Waals surface area (Å²) in [6, 6.07) is 0. The molecule has 1 aliphatic rings. The predicted octanol–water partition coefficient (Wildman–Crippen LogP) is 3.16. The van der Waals surface area contributed by atoms with E-state index < -0.39 is 5.41 Å². The first-order valence-corrected chi connectivity index (χ1v) is 7.52. The van der Waals surface area contributed by atoms with Gasteiger partial charge in [0.05, 0.1) is 10.4 Å². The fraction of sp³-hybridized carbons (Fsp3) is 0.867. The molecular weight excluding hydrogens is 256 g/mol. The summed E-state index contributed by atoms with van der Waals surface area (Å²) in [7, 11) is 0. The second kappa shape index (κ2) is 5.39. The molecule has 0 atom stereocenters. The van der Waals surface area contributed by atoms with E-state index in [1.165, 1.54) is 0 Å². The van der Waals surface area contributed by atoms with Gasteiger partial charge in [0, 0.05) is 5.54 Å². The molecule has 1 amide bonds. The third-order valence-electron chi connectivity index (χ3n) is 3.79. The Balaban J connectivity index is 2.80. The van der Waals surface area contributed by atoms with E-state index in [4.69, 9.17) is 18.0 Å². The Labute approximate surface area is 122 Å². The molecule has 0 aromatic carbocycles. The monoisotopic (exact) mass is 284 g/mol. The molecule has 0 heterocycles. The van der Waals surface area contributed by atoms with E-state index >= 15 is 0 Å². The lowest BCUT2D eigenvalue weighted by atomic mass is 9.79. The van der Waals surface area contributed by atoms with Crippen LogP contribution in [0.3, 0.4) is 0 Å². The Morgan fingerprint density at radius 2 is 1.68 bits per heavy atom. The standard InChI is InChI=1S/C15H28N2OS/c1-13(2,3)10-14(4,5)17-12(18)15(11(16)19)8-6-7-9-15/h6-10H2,1-5H3,(H2,16,19)(H,17,18). The second-order valence-corrected chi connectivity index (χ2v) is 8.17. The zero-order chi connectivity index (χ0) is 14.9. The van der Waals surface area contributed by atoms with Crippen molar-refractivity contribution in [2.24, 2.45) is 16.6 Å². The highest BCUT2D eigenvalue weighted by molar-refractivity contribution is 7.80. The van der Waals surface area contributed by atoms with Crippen molar-refractivity contribution < 1.29 is 4.79 Å². The minimum absolute atomic E-state index is 0.0201. The van der Waals surface area contributed by atoms with Crippen LogP contribution in [-0.4, -0.2) is 16.4 Å². The fourth-order valence-corrected chi connectivity index (χ4v) is 3.66. The molecule has 3 nitrogen and oxygen atoms in total. The lowest BCUT2D eigenvalue weighted by Gasteiger charge is -2.37. The van der Waals surface area contributed by atoms with E-state index in [-0.39, 0.29) is 16.9 Å². The van der Waals surface area contributed by atoms with Crippen LogP contribution in [0.1, 0.15) is 66.7 Å². The summed E-state index contributed by atoms with van der Waals surface area (Å²) < 4.78 is 0. The van der Waals surface area contributed by atoms with Gasteiger partial charge in [0.2, 0.25) is 5.91 Å². The molecule has 1 aliphatic carbocycles. The van der Waals surface area contributed by atoms with E-state index in [2.05, 4.69) is 39.9 Å². The van der Waals surface area contributed by atoms with Crippen molar-refractivity contribution in [3.05, 3.63) is 0 Å². The van der Waals surface area contributed by atoms with Gasteiger partial charge in [-0.1, -0.05) is 45.8 Å². The summed E-state index contributed by atoms with van der Waals surface area (Å²) in [5, 5.41) is 3.17. The van der Waals surface area contributed by atoms with Crippen LogP contribution in [0.15, 0.2) is 0 Å². The molecule has 4 heteroatoms. The quantitative estimate of drug-likeness (QED) is 0.780. The van der Waals surface area contributed by atoms with Crippen molar-refractivity contribution in [2.75, 3.05) is 0 Å². The average Bonchev–Trinajstić information content (AvgIpc) is 2.61. The summed E-state index contributed by atoms with van der Waals surface area (Å²) in [5.41, 5.74) is 5.17. The Kier molecular flexibility index (Phi) is 4.66. The largest absolute Gasteiger partial charge is 0.392 e. The van der Waals surface area contributed by atoms with Crippen LogP contribution in [0.5, 0.6) is 0 Å². The van der Waals surface area contributed by atoms with E-state index in [0.717, 1.165) is 32.1 Å². The van der Waals surface area contributed by atoms with E-state index in [0.29, 0.717) is 4.99 Å². The van der Waals surface area contributed by atoms with E-state index in [1.807, 2.05) is 0 Å². The van der Waals surface area contributed by atoms with Gasteiger partial charge < -0.3 is 11.1 Å². The van der Waals surface area contributed by atoms with Crippen LogP contribution >= 0.6 is 12.2 Å². The van der Waals surface area contributed by atoms with Crippen molar-refractivity contribution in [3.8, 4) is 0 Å². The van der Waals surface area contributed by atoms with Crippen molar-refractivity contribution in [1.29, 1.82) is 0 Å². The number of hydrogen-bond acceptors (Lipinski definition) is 2. The van der Waals surface area contributed by atoms with Crippen molar-refractivity contribution in [2.45, 2.75) is 72.3 Å². The Bertz CT molecular complexity index is 363. The molecular formula is C15H28N2OS. The van der Waals surface area contributed by atoms with Crippen LogP contribution in [0.25, 0.3) is 0 Å². The van der Waals surface area contributed by atoms with Crippen molar-refractivity contribution >= 4 is 23.1 Å². The minimum atomic E-state index is -0.607. The molecule has 0 unspecified atom stereocenters. The molecule has 1 saturated carbocycles. The number of nitrogens with one attached hydrogen (secondary N) is 1. The van der Waals surface area contributed by atoms with Gasteiger partial charge in [0.1, 0.15) is 0 Å². The average molecular weight is 284 g/mol. The molecule has 0 radical (unpaired) electrons. The molecule has 110 valence electrons. The number of carbonyl (C=O) groups excluding carboxylic acids is 1. The highest BCUT2D eigenvalue weighted by Gasteiger charge is 2.45. The Morgan fingerprint density at radius 3 is 2.05 bits per heavy atom. The molecule has 0 aromatic heterocycles. The van der Waals surface area contributed by atoms with Crippen LogP contribution < -0.4 is 11.1 Å².